The topological polar surface area (TPSA) is 86.8 Å². The van der Waals surface area contributed by atoms with Crippen LogP contribution in [0.25, 0.3) is 0 Å². The summed E-state index contributed by atoms with van der Waals surface area (Å²) in [5.41, 5.74) is 2.36. The van der Waals surface area contributed by atoms with E-state index in [1.165, 1.54) is 4.90 Å². The molecule has 0 spiro atoms. The lowest BCUT2D eigenvalue weighted by Crippen LogP contribution is -2.52. The summed E-state index contributed by atoms with van der Waals surface area (Å²) in [5, 5.41) is 2.92. The molecule has 192 valence electrons. The fourth-order valence-electron chi connectivity index (χ4n) is 3.76. The molecular weight excluding hydrogens is 462 g/mol. The first-order valence-corrected chi connectivity index (χ1v) is 14.0. The molecule has 0 fully saturated rings. The van der Waals surface area contributed by atoms with Crippen LogP contribution in [0.2, 0.25) is 0 Å². The number of nitrogens with zero attached hydrogens (tertiary/aromatic N) is 2. The Kier molecular flexibility index (Phi) is 10.3. The van der Waals surface area contributed by atoms with Crippen LogP contribution in [0.5, 0.6) is 0 Å². The maximum Gasteiger partial charge on any atom is 0.244 e. The molecule has 0 bridgehead atoms. The normalized spacial score (nSPS) is 12.5. The largest absolute Gasteiger partial charge is 0.354 e. The summed E-state index contributed by atoms with van der Waals surface area (Å²) in [6.45, 7) is 10.3. The zero-order chi connectivity index (χ0) is 26.2. The molecule has 2 aromatic carbocycles. The van der Waals surface area contributed by atoms with Crippen LogP contribution in [0.15, 0.2) is 54.6 Å². The Morgan fingerprint density at radius 2 is 1.54 bits per heavy atom. The van der Waals surface area contributed by atoms with Gasteiger partial charge in [0.15, 0.2) is 0 Å². The Morgan fingerprint density at radius 1 is 0.943 bits per heavy atom. The number of hydrogen-bond acceptors (Lipinski definition) is 4. The van der Waals surface area contributed by atoms with Gasteiger partial charge in [-0.3, -0.25) is 13.9 Å². The molecule has 0 saturated carbocycles. The Hall–Kier alpha value is -2.87. The summed E-state index contributed by atoms with van der Waals surface area (Å²) in [7, 11) is -3.74. The number of carbonyl (C=O) groups is 2. The second kappa shape index (κ2) is 12.7. The third kappa shape index (κ3) is 8.38. The lowest BCUT2D eigenvalue weighted by Gasteiger charge is -2.33. The highest BCUT2D eigenvalue weighted by Gasteiger charge is 2.31. The Morgan fingerprint density at radius 3 is 2.03 bits per heavy atom. The van der Waals surface area contributed by atoms with Crippen LogP contribution >= 0.6 is 0 Å². The van der Waals surface area contributed by atoms with Gasteiger partial charge in [-0.15, -0.1) is 0 Å². The minimum Gasteiger partial charge on any atom is -0.354 e. The van der Waals surface area contributed by atoms with Crippen molar-refractivity contribution in [2.45, 2.75) is 59.5 Å². The van der Waals surface area contributed by atoms with E-state index < -0.39 is 22.0 Å². The predicted octanol–water partition coefficient (Wildman–Crippen LogP) is 4.16. The van der Waals surface area contributed by atoms with Crippen molar-refractivity contribution in [1.29, 1.82) is 0 Å². The summed E-state index contributed by atoms with van der Waals surface area (Å²) in [6.07, 6.45) is 1.50. The SMILES string of the molecule is CC[C@H](C(=O)NCC(C)C)N(Cc1ccccc1)C(=O)CN(c1ccc(C(C)C)cc1)S(C)(=O)=O. The van der Waals surface area contributed by atoms with Gasteiger partial charge in [0.25, 0.3) is 0 Å². The minimum atomic E-state index is -3.74. The third-order valence-electron chi connectivity index (χ3n) is 5.79. The summed E-state index contributed by atoms with van der Waals surface area (Å²) in [6, 6.07) is 15.9. The van der Waals surface area contributed by atoms with E-state index in [-0.39, 0.29) is 24.9 Å². The Labute approximate surface area is 210 Å². The van der Waals surface area contributed by atoms with Crippen molar-refractivity contribution in [1.82, 2.24) is 10.2 Å². The fraction of sp³-hybridized carbons (Fsp3) is 0.481. The molecule has 0 heterocycles. The average molecular weight is 502 g/mol. The van der Waals surface area contributed by atoms with E-state index in [1.54, 1.807) is 12.1 Å². The molecule has 0 aliphatic rings. The van der Waals surface area contributed by atoms with Gasteiger partial charge in [0.2, 0.25) is 21.8 Å². The van der Waals surface area contributed by atoms with Crippen LogP contribution in [0, 0.1) is 5.92 Å². The molecule has 2 aromatic rings. The van der Waals surface area contributed by atoms with Crippen LogP contribution < -0.4 is 9.62 Å². The van der Waals surface area contributed by atoms with Crippen LogP contribution in [0.1, 0.15) is 58.1 Å². The lowest BCUT2D eigenvalue weighted by molar-refractivity contribution is -0.140. The molecule has 0 aliphatic carbocycles. The van der Waals surface area contributed by atoms with Gasteiger partial charge in [-0.05, 0) is 41.5 Å². The maximum absolute atomic E-state index is 13.6. The molecule has 0 aromatic heterocycles. The second-order valence-electron chi connectivity index (χ2n) is 9.59. The molecule has 2 amide bonds. The Bertz CT molecular complexity index is 1070. The van der Waals surface area contributed by atoms with Crippen molar-refractivity contribution in [2.75, 3.05) is 23.7 Å². The molecule has 0 saturated heterocycles. The monoisotopic (exact) mass is 501 g/mol. The van der Waals surface area contributed by atoms with Gasteiger partial charge < -0.3 is 10.2 Å². The van der Waals surface area contributed by atoms with E-state index in [2.05, 4.69) is 19.2 Å². The van der Waals surface area contributed by atoms with Crippen LogP contribution in [-0.2, 0) is 26.2 Å². The maximum atomic E-state index is 13.6. The van der Waals surface area contributed by atoms with Gasteiger partial charge in [0, 0.05) is 13.1 Å². The first kappa shape index (κ1) is 28.4. The first-order valence-electron chi connectivity index (χ1n) is 12.1. The van der Waals surface area contributed by atoms with Crippen LogP contribution in [0.3, 0.4) is 0 Å². The molecule has 2 rings (SSSR count). The van der Waals surface area contributed by atoms with Crippen molar-refractivity contribution >= 4 is 27.5 Å². The van der Waals surface area contributed by atoms with Gasteiger partial charge in [-0.2, -0.15) is 0 Å². The number of hydrogen-bond donors (Lipinski definition) is 1. The number of rotatable bonds is 12. The number of anilines is 1. The molecule has 8 heteroatoms. The van der Waals surface area contributed by atoms with E-state index in [4.69, 9.17) is 0 Å². The molecule has 0 aliphatic heterocycles. The number of amides is 2. The van der Waals surface area contributed by atoms with Crippen molar-refractivity contribution < 1.29 is 18.0 Å². The van der Waals surface area contributed by atoms with E-state index in [0.717, 1.165) is 21.7 Å². The van der Waals surface area contributed by atoms with Gasteiger partial charge in [0.05, 0.1) is 11.9 Å². The van der Waals surface area contributed by atoms with E-state index in [9.17, 15) is 18.0 Å². The molecule has 35 heavy (non-hydrogen) atoms. The third-order valence-corrected chi connectivity index (χ3v) is 6.93. The lowest BCUT2D eigenvalue weighted by atomic mass is 10.0. The molecule has 0 radical (unpaired) electrons. The van der Waals surface area contributed by atoms with E-state index in [1.807, 2.05) is 63.2 Å². The van der Waals surface area contributed by atoms with Crippen molar-refractivity contribution in [3.63, 3.8) is 0 Å². The summed E-state index contributed by atoms with van der Waals surface area (Å²) < 4.78 is 26.5. The molecule has 7 nitrogen and oxygen atoms in total. The predicted molar refractivity (Wildman–Crippen MR) is 142 cm³/mol. The molecule has 1 atom stereocenters. The van der Waals surface area contributed by atoms with Crippen LogP contribution in [-0.4, -0.2) is 50.5 Å². The average Bonchev–Trinajstić information content (AvgIpc) is 2.80. The first-order chi connectivity index (χ1) is 16.4. The summed E-state index contributed by atoms with van der Waals surface area (Å²) in [5.74, 6) is -0.103. The molecule has 1 N–H and O–H groups in total. The smallest absolute Gasteiger partial charge is 0.244 e. The van der Waals surface area contributed by atoms with Crippen molar-refractivity contribution in [2.24, 2.45) is 5.92 Å². The Balaban J connectivity index is 2.39. The van der Waals surface area contributed by atoms with E-state index in [0.29, 0.717) is 24.6 Å². The molecule has 0 unspecified atom stereocenters. The number of benzene rings is 2. The minimum absolute atomic E-state index is 0.206. The fourth-order valence-corrected chi connectivity index (χ4v) is 4.61. The quantitative estimate of drug-likeness (QED) is 0.473. The van der Waals surface area contributed by atoms with Crippen molar-refractivity contribution in [3.05, 3.63) is 65.7 Å². The van der Waals surface area contributed by atoms with Gasteiger partial charge >= 0.3 is 0 Å². The van der Waals surface area contributed by atoms with Crippen LogP contribution in [0.4, 0.5) is 5.69 Å². The highest BCUT2D eigenvalue weighted by atomic mass is 32.2. The van der Waals surface area contributed by atoms with Gasteiger partial charge in [-0.1, -0.05) is 77.1 Å². The van der Waals surface area contributed by atoms with Gasteiger partial charge in [-0.25, -0.2) is 8.42 Å². The molecular formula is C27H39N3O4S. The highest BCUT2D eigenvalue weighted by molar-refractivity contribution is 7.92. The zero-order valence-corrected chi connectivity index (χ0v) is 22.5. The summed E-state index contributed by atoms with van der Waals surface area (Å²) >= 11 is 0. The standard InChI is InChI=1S/C27H39N3O4S/c1-7-25(27(32)28-17-20(2)3)29(18-22-11-9-8-10-12-22)26(31)19-30(35(6,33)34)24-15-13-23(14-16-24)21(4)5/h8-16,20-21,25H,7,17-19H2,1-6H3,(H,28,32)/t25-/m1/s1. The number of nitrogens with one attached hydrogen (secondary N) is 1. The number of carbonyl (C=O) groups excluding carboxylic acids is 2. The zero-order valence-electron chi connectivity index (χ0n) is 21.7. The number of sulfonamides is 1. The van der Waals surface area contributed by atoms with Gasteiger partial charge in [0.1, 0.15) is 12.6 Å². The van der Waals surface area contributed by atoms with Crippen molar-refractivity contribution in [3.8, 4) is 0 Å². The van der Waals surface area contributed by atoms with E-state index >= 15 is 0 Å². The second-order valence-corrected chi connectivity index (χ2v) is 11.5. The highest BCUT2D eigenvalue weighted by Crippen LogP contribution is 2.23. The summed E-state index contributed by atoms with van der Waals surface area (Å²) in [4.78, 5) is 28.2.